The van der Waals surface area contributed by atoms with Crippen LogP contribution in [0.4, 0.5) is 0 Å². The molecule has 0 atom stereocenters. The SMILES string of the molecule is COc1cccc(OC)c1C(=O)c1sccc1C. The molecule has 0 aliphatic carbocycles. The van der Waals surface area contributed by atoms with Gasteiger partial charge in [0.15, 0.2) is 0 Å². The molecule has 1 aromatic carbocycles. The van der Waals surface area contributed by atoms with Gasteiger partial charge in [-0.3, -0.25) is 4.79 Å². The highest BCUT2D eigenvalue weighted by Gasteiger charge is 2.21. The number of carbonyl (C=O) groups is 1. The van der Waals surface area contributed by atoms with E-state index in [2.05, 4.69) is 0 Å². The second-order valence-electron chi connectivity index (χ2n) is 3.80. The van der Waals surface area contributed by atoms with Crippen LogP contribution in [-0.4, -0.2) is 20.0 Å². The summed E-state index contributed by atoms with van der Waals surface area (Å²) >= 11 is 1.43. The minimum Gasteiger partial charge on any atom is -0.496 e. The van der Waals surface area contributed by atoms with Crippen LogP contribution < -0.4 is 9.47 Å². The van der Waals surface area contributed by atoms with Gasteiger partial charge in [0.2, 0.25) is 5.78 Å². The quantitative estimate of drug-likeness (QED) is 0.793. The summed E-state index contributed by atoms with van der Waals surface area (Å²) in [6.07, 6.45) is 0. The van der Waals surface area contributed by atoms with E-state index in [0.717, 1.165) is 10.4 Å². The molecule has 0 fully saturated rings. The Morgan fingerprint density at radius 3 is 2.17 bits per heavy atom. The van der Waals surface area contributed by atoms with E-state index in [-0.39, 0.29) is 5.78 Å². The number of hydrogen-bond acceptors (Lipinski definition) is 4. The Kier molecular flexibility index (Phi) is 3.67. The number of ether oxygens (including phenoxy) is 2. The van der Waals surface area contributed by atoms with Crippen molar-refractivity contribution < 1.29 is 14.3 Å². The highest BCUT2D eigenvalue weighted by atomic mass is 32.1. The van der Waals surface area contributed by atoms with E-state index in [9.17, 15) is 4.79 Å². The van der Waals surface area contributed by atoms with Crippen LogP contribution >= 0.6 is 11.3 Å². The molecule has 18 heavy (non-hydrogen) atoms. The molecule has 0 unspecified atom stereocenters. The third kappa shape index (κ3) is 2.11. The standard InChI is InChI=1S/C14H14O3S/c1-9-7-8-18-14(9)13(15)12-10(16-2)5-4-6-11(12)17-3/h4-8H,1-3H3. The summed E-state index contributed by atoms with van der Waals surface area (Å²) in [7, 11) is 3.10. The maximum Gasteiger partial charge on any atom is 0.210 e. The van der Waals surface area contributed by atoms with E-state index >= 15 is 0 Å². The second-order valence-corrected chi connectivity index (χ2v) is 4.72. The van der Waals surface area contributed by atoms with Crippen molar-refractivity contribution in [1.82, 2.24) is 0 Å². The highest BCUT2D eigenvalue weighted by molar-refractivity contribution is 7.12. The molecule has 0 aliphatic rings. The zero-order valence-electron chi connectivity index (χ0n) is 10.5. The van der Waals surface area contributed by atoms with Gasteiger partial charge in [0, 0.05) is 0 Å². The third-order valence-corrected chi connectivity index (χ3v) is 3.74. The van der Waals surface area contributed by atoms with E-state index < -0.39 is 0 Å². The first-order valence-corrected chi connectivity index (χ1v) is 6.36. The lowest BCUT2D eigenvalue weighted by atomic mass is 10.1. The smallest absolute Gasteiger partial charge is 0.210 e. The number of carbonyl (C=O) groups excluding carboxylic acids is 1. The summed E-state index contributed by atoms with van der Waals surface area (Å²) in [6.45, 7) is 1.92. The summed E-state index contributed by atoms with van der Waals surface area (Å²) in [5, 5.41) is 1.91. The zero-order valence-corrected chi connectivity index (χ0v) is 11.3. The van der Waals surface area contributed by atoms with E-state index in [0.29, 0.717) is 17.1 Å². The first-order chi connectivity index (χ1) is 8.69. The zero-order chi connectivity index (χ0) is 13.1. The van der Waals surface area contributed by atoms with E-state index in [1.54, 1.807) is 32.4 Å². The lowest BCUT2D eigenvalue weighted by Gasteiger charge is -2.11. The first-order valence-electron chi connectivity index (χ1n) is 5.48. The van der Waals surface area contributed by atoms with Crippen LogP contribution in [0.2, 0.25) is 0 Å². The Balaban J connectivity index is 2.56. The van der Waals surface area contributed by atoms with Crippen molar-refractivity contribution in [2.24, 2.45) is 0 Å². The molecule has 0 saturated heterocycles. The van der Waals surface area contributed by atoms with Gasteiger partial charge in [-0.2, -0.15) is 0 Å². The lowest BCUT2D eigenvalue weighted by Crippen LogP contribution is -2.06. The Morgan fingerprint density at radius 2 is 1.72 bits per heavy atom. The fraction of sp³-hybridized carbons (Fsp3) is 0.214. The monoisotopic (exact) mass is 262 g/mol. The maximum absolute atomic E-state index is 12.5. The minimum absolute atomic E-state index is 0.0585. The van der Waals surface area contributed by atoms with Crippen LogP contribution in [-0.2, 0) is 0 Å². The molecule has 0 saturated carbocycles. The minimum atomic E-state index is -0.0585. The molecular weight excluding hydrogens is 248 g/mol. The molecule has 1 heterocycles. The Hall–Kier alpha value is -1.81. The number of aryl methyl sites for hydroxylation is 1. The fourth-order valence-corrected chi connectivity index (χ4v) is 2.67. The summed E-state index contributed by atoms with van der Waals surface area (Å²) < 4.78 is 10.5. The van der Waals surface area contributed by atoms with Crippen molar-refractivity contribution >= 4 is 17.1 Å². The summed E-state index contributed by atoms with van der Waals surface area (Å²) in [4.78, 5) is 13.3. The lowest BCUT2D eigenvalue weighted by molar-refractivity contribution is 0.103. The van der Waals surface area contributed by atoms with E-state index in [4.69, 9.17) is 9.47 Å². The van der Waals surface area contributed by atoms with Crippen molar-refractivity contribution in [3.05, 3.63) is 45.6 Å². The number of rotatable bonds is 4. The van der Waals surface area contributed by atoms with Crippen molar-refractivity contribution in [1.29, 1.82) is 0 Å². The molecule has 0 amide bonds. The van der Waals surface area contributed by atoms with Gasteiger partial charge < -0.3 is 9.47 Å². The van der Waals surface area contributed by atoms with Gasteiger partial charge >= 0.3 is 0 Å². The van der Waals surface area contributed by atoms with Gasteiger partial charge in [0.1, 0.15) is 17.1 Å². The summed E-state index contributed by atoms with van der Waals surface area (Å²) in [5.74, 6) is 1.01. The Labute approximate surface area is 110 Å². The number of ketones is 1. The molecule has 2 rings (SSSR count). The molecule has 0 N–H and O–H groups in total. The topological polar surface area (TPSA) is 35.5 Å². The predicted octanol–water partition coefficient (Wildman–Crippen LogP) is 3.30. The molecule has 3 nitrogen and oxygen atoms in total. The van der Waals surface area contributed by atoms with Crippen LogP contribution in [0.15, 0.2) is 29.6 Å². The van der Waals surface area contributed by atoms with Gasteiger partial charge in [-0.15, -0.1) is 11.3 Å². The van der Waals surface area contributed by atoms with Gasteiger partial charge in [0.05, 0.1) is 19.1 Å². The summed E-state index contributed by atoms with van der Waals surface area (Å²) in [5.41, 5.74) is 1.45. The number of hydrogen-bond donors (Lipinski definition) is 0. The first kappa shape index (κ1) is 12.6. The maximum atomic E-state index is 12.5. The molecule has 94 valence electrons. The molecule has 0 radical (unpaired) electrons. The van der Waals surface area contributed by atoms with Gasteiger partial charge in [-0.05, 0) is 36.1 Å². The predicted molar refractivity (Wildman–Crippen MR) is 72.0 cm³/mol. The summed E-state index contributed by atoms with van der Waals surface area (Å²) in [6, 6.07) is 7.26. The average Bonchev–Trinajstić information content (AvgIpc) is 2.83. The molecule has 4 heteroatoms. The molecular formula is C14H14O3S. The highest BCUT2D eigenvalue weighted by Crippen LogP contribution is 2.32. The van der Waals surface area contributed by atoms with Crippen LogP contribution in [0, 0.1) is 6.92 Å². The van der Waals surface area contributed by atoms with Crippen LogP contribution in [0.25, 0.3) is 0 Å². The number of benzene rings is 1. The van der Waals surface area contributed by atoms with Crippen LogP contribution in [0.1, 0.15) is 20.8 Å². The largest absolute Gasteiger partial charge is 0.496 e. The second kappa shape index (κ2) is 5.23. The Morgan fingerprint density at radius 1 is 1.11 bits per heavy atom. The Bertz CT molecular complexity index is 550. The molecule has 1 aromatic heterocycles. The van der Waals surface area contributed by atoms with Crippen molar-refractivity contribution in [2.75, 3.05) is 14.2 Å². The van der Waals surface area contributed by atoms with Crippen LogP contribution in [0.5, 0.6) is 11.5 Å². The van der Waals surface area contributed by atoms with E-state index in [1.165, 1.54) is 11.3 Å². The fourth-order valence-electron chi connectivity index (χ4n) is 1.79. The third-order valence-electron chi connectivity index (χ3n) is 2.72. The average molecular weight is 262 g/mol. The number of thiophene rings is 1. The van der Waals surface area contributed by atoms with Gasteiger partial charge in [-0.1, -0.05) is 6.07 Å². The van der Waals surface area contributed by atoms with Crippen molar-refractivity contribution in [3.63, 3.8) is 0 Å². The van der Waals surface area contributed by atoms with E-state index in [1.807, 2.05) is 18.4 Å². The number of methoxy groups -OCH3 is 2. The molecule has 0 spiro atoms. The normalized spacial score (nSPS) is 10.2. The molecule has 2 aromatic rings. The molecule has 0 bridgehead atoms. The van der Waals surface area contributed by atoms with Gasteiger partial charge in [0.25, 0.3) is 0 Å². The molecule has 0 aliphatic heterocycles. The van der Waals surface area contributed by atoms with Crippen molar-refractivity contribution in [3.8, 4) is 11.5 Å². The van der Waals surface area contributed by atoms with Gasteiger partial charge in [-0.25, -0.2) is 0 Å². The van der Waals surface area contributed by atoms with Crippen LogP contribution in [0.3, 0.4) is 0 Å². The van der Waals surface area contributed by atoms with Crippen molar-refractivity contribution in [2.45, 2.75) is 6.92 Å².